The molecule has 3 nitrogen and oxygen atoms in total. The summed E-state index contributed by atoms with van der Waals surface area (Å²) in [4.78, 5) is 7.64. The zero-order valence-corrected chi connectivity index (χ0v) is 10.8. The van der Waals surface area contributed by atoms with Gasteiger partial charge in [0.1, 0.15) is 0 Å². The number of nitrogens with zero attached hydrogens (tertiary/aromatic N) is 2. The van der Waals surface area contributed by atoms with Crippen molar-refractivity contribution in [2.75, 3.05) is 11.9 Å². The second-order valence-electron chi connectivity index (χ2n) is 4.62. The quantitative estimate of drug-likeness (QED) is 0.882. The number of anilines is 1. The van der Waals surface area contributed by atoms with Crippen molar-refractivity contribution in [1.29, 1.82) is 0 Å². The number of hydrogen-bond acceptors (Lipinski definition) is 4. The Bertz CT molecular complexity index is 332. The van der Waals surface area contributed by atoms with Gasteiger partial charge < -0.3 is 10.0 Å². The lowest BCUT2D eigenvalue weighted by atomic mass is 9.95. The molecule has 1 N–H and O–H groups in total. The van der Waals surface area contributed by atoms with Crippen molar-refractivity contribution in [3.63, 3.8) is 0 Å². The molecule has 90 valence electrons. The molecule has 1 atom stereocenters. The highest BCUT2D eigenvalue weighted by Gasteiger charge is 2.20. The minimum atomic E-state index is -0.397. The summed E-state index contributed by atoms with van der Waals surface area (Å²) in [6.07, 6.45) is 8.00. The van der Waals surface area contributed by atoms with Crippen molar-refractivity contribution in [2.24, 2.45) is 0 Å². The van der Waals surface area contributed by atoms with E-state index in [9.17, 15) is 5.11 Å². The van der Waals surface area contributed by atoms with E-state index in [1.165, 1.54) is 32.1 Å². The molecule has 1 aromatic rings. The van der Waals surface area contributed by atoms with Gasteiger partial charge in [-0.25, -0.2) is 4.98 Å². The van der Waals surface area contributed by atoms with Crippen LogP contribution in [0.25, 0.3) is 0 Å². The Labute approximate surface area is 101 Å². The van der Waals surface area contributed by atoms with Crippen LogP contribution in [-0.2, 0) is 0 Å². The zero-order chi connectivity index (χ0) is 11.5. The highest BCUT2D eigenvalue weighted by Crippen LogP contribution is 2.31. The maximum absolute atomic E-state index is 9.48. The Morgan fingerprint density at radius 3 is 2.69 bits per heavy atom. The van der Waals surface area contributed by atoms with E-state index < -0.39 is 6.10 Å². The second kappa shape index (κ2) is 5.15. The maximum atomic E-state index is 9.48. The summed E-state index contributed by atoms with van der Waals surface area (Å²) in [5, 5.41) is 10.5. The fourth-order valence-corrected chi connectivity index (χ4v) is 3.14. The van der Waals surface area contributed by atoms with Crippen molar-refractivity contribution in [1.82, 2.24) is 4.98 Å². The van der Waals surface area contributed by atoms with Gasteiger partial charge in [-0.15, -0.1) is 0 Å². The Hall–Kier alpha value is -0.610. The topological polar surface area (TPSA) is 36.4 Å². The van der Waals surface area contributed by atoms with Crippen molar-refractivity contribution >= 4 is 16.5 Å². The van der Waals surface area contributed by atoms with E-state index in [2.05, 4.69) is 16.9 Å². The van der Waals surface area contributed by atoms with E-state index in [1.54, 1.807) is 24.5 Å². The normalized spacial score (nSPS) is 19.7. The largest absolute Gasteiger partial charge is 0.388 e. The zero-order valence-electron chi connectivity index (χ0n) is 10.0. The molecule has 1 fully saturated rings. The summed E-state index contributed by atoms with van der Waals surface area (Å²) in [5.74, 6) is 0. The molecule has 0 saturated heterocycles. The molecular weight excluding hydrogens is 220 g/mol. The van der Waals surface area contributed by atoms with Gasteiger partial charge in [0.15, 0.2) is 5.13 Å². The minimum absolute atomic E-state index is 0.397. The summed E-state index contributed by atoms with van der Waals surface area (Å²) in [6.45, 7) is 1.79. The van der Waals surface area contributed by atoms with Gasteiger partial charge in [0.05, 0.1) is 11.0 Å². The number of aromatic nitrogens is 1. The first-order chi connectivity index (χ1) is 7.68. The molecule has 1 heterocycles. The van der Waals surface area contributed by atoms with Crippen molar-refractivity contribution < 1.29 is 5.11 Å². The van der Waals surface area contributed by atoms with Gasteiger partial charge in [-0.2, -0.15) is 0 Å². The van der Waals surface area contributed by atoms with E-state index in [1.807, 2.05) is 0 Å². The number of aliphatic hydroxyl groups excluding tert-OH is 1. The first-order valence-corrected chi connectivity index (χ1v) is 6.86. The van der Waals surface area contributed by atoms with Crippen molar-refractivity contribution in [2.45, 2.75) is 51.2 Å². The van der Waals surface area contributed by atoms with Crippen molar-refractivity contribution in [3.8, 4) is 0 Å². The van der Waals surface area contributed by atoms with Crippen LogP contribution < -0.4 is 4.90 Å². The standard InChI is InChI=1S/C12H20N2OS/c1-9(15)11-8-13-12(16-11)14(2)10-6-4-3-5-7-10/h8-10,15H,3-7H2,1-2H3. The number of aliphatic hydroxyl groups is 1. The van der Waals surface area contributed by atoms with Gasteiger partial charge in [0.25, 0.3) is 0 Å². The van der Waals surface area contributed by atoms with E-state index in [4.69, 9.17) is 0 Å². The van der Waals surface area contributed by atoms with Gasteiger partial charge in [0.2, 0.25) is 0 Å². The van der Waals surface area contributed by atoms with Crippen LogP contribution in [0.15, 0.2) is 6.20 Å². The Morgan fingerprint density at radius 1 is 1.44 bits per heavy atom. The molecule has 0 aliphatic heterocycles. The average molecular weight is 240 g/mol. The third-order valence-corrected chi connectivity index (χ3v) is 4.61. The second-order valence-corrected chi connectivity index (χ2v) is 5.66. The predicted molar refractivity (Wildman–Crippen MR) is 68.0 cm³/mol. The van der Waals surface area contributed by atoms with E-state index in [-0.39, 0.29) is 0 Å². The molecule has 0 bridgehead atoms. The highest BCUT2D eigenvalue weighted by molar-refractivity contribution is 7.15. The highest BCUT2D eigenvalue weighted by atomic mass is 32.1. The fourth-order valence-electron chi connectivity index (χ4n) is 2.26. The molecule has 1 unspecified atom stereocenters. The molecule has 4 heteroatoms. The van der Waals surface area contributed by atoms with Crippen LogP contribution in [0.2, 0.25) is 0 Å². The molecule has 1 aliphatic carbocycles. The lowest BCUT2D eigenvalue weighted by Gasteiger charge is -2.30. The van der Waals surface area contributed by atoms with Crippen LogP contribution in [0.1, 0.15) is 50.0 Å². The van der Waals surface area contributed by atoms with Crippen molar-refractivity contribution in [3.05, 3.63) is 11.1 Å². The summed E-state index contributed by atoms with van der Waals surface area (Å²) >= 11 is 1.61. The first kappa shape index (κ1) is 11.9. The third kappa shape index (κ3) is 2.55. The lowest BCUT2D eigenvalue weighted by Crippen LogP contribution is -2.33. The average Bonchev–Trinajstić information content (AvgIpc) is 2.78. The van der Waals surface area contributed by atoms with Gasteiger partial charge >= 0.3 is 0 Å². The number of hydrogen-bond donors (Lipinski definition) is 1. The maximum Gasteiger partial charge on any atom is 0.185 e. The first-order valence-electron chi connectivity index (χ1n) is 6.05. The van der Waals surface area contributed by atoms with E-state index >= 15 is 0 Å². The van der Waals surface area contributed by atoms with E-state index in [0.29, 0.717) is 6.04 Å². The summed E-state index contributed by atoms with van der Waals surface area (Å²) in [5.41, 5.74) is 0. The molecule has 0 radical (unpaired) electrons. The monoisotopic (exact) mass is 240 g/mol. The molecule has 1 saturated carbocycles. The van der Waals surface area contributed by atoms with Crippen LogP contribution in [0.3, 0.4) is 0 Å². The smallest absolute Gasteiger partial charge is 0.185 e. The molecule has 0 amide bonds. The molecule has 0 aromatic carbocycles. The number of thiazole rings is 1. The molecule has 2 rings (SSSR count). The molecule has 0 spiro atoms. The van der Waals surface area contributed by atoms with Crippen LogP contribution in [0.5, 0.6) is 0 Å². The number of rotatable bonds is 3. The Morgan fingerprint density at radius 2 is 2.12 bits per heavy atom. The summed E-state index contributed by atoms with van der Waals surface area (Å²) < 4.78 is 0. The van der Waals surface area contributed by atoms with Gasteiger partial charge in [-0.1, -0.05) is 30.6 Å². The summed E-state index contributed by atoms with van der Waals surface area (Å²) in [7, 11) is 2.13. The van der Waals surface area contributed by atoms with Gasteiger partial charge in [-0.05, 0) is 19.8 Å². The predicted octanol–water partition coefficient (Wildman–Crippen LogP) is 2.97. The van der Waals surface area contributed by atoms with Gasteiger partial charge in [0, 0.05) is 19.3 Å². The Balaban J connectivity index is 2.04. The van der Waals surface area contributed by atoms with Gasteiger partial charge in [-0.3, -0.25) is 0 Å². The van der Waals surface area contributed by atoms with Crippen LogP contribution in [0, 0.1) is 0 Å². The molecular formula is C12H20N2OS. The summed E-state index contributed by atoms with van der Waals surface area (Å²) in [6, 6.07) is 0.641. The minimum Gasteiger partial charge on any atom is -0.388 e. The molecule has 1 aliphatic rings. The van der Waals surface area contributed by atoms with E-state index in [0.717, 1.165) is 10.0 Å². The third-order valence-electron chi connectivity index (χ3n) is 3.35. The van der Waals surface area contributed by atoms with Crippen LogP contribution in [-0.4, -0.2) is 23.2 Å². The molecule has 1 aromatic heterocycles. The SMILES string of the molecule is CC(O)c1cnc(N(C)C2CCCCC2)s1. The van der Waals surface area contributed by atoms with Crippen LogP contribution in [0.4, 0.5) is 5.13 Å². The lowest BCUT2D eigenvalue weighted by molar-refractivity contribution is 0.203. The Kier molecular flexibility index (Phi) is 3.82. The van der Waals surface area contributed by atoms with Crippen LogP contribution >= 0.6 is 11.3 Å². The fraction of sp³-hybridized carbons (Fsp3) is 0.750. The molecule has 16 heavy (non-hydrogen) atoms.